The number of hydrogen-bond acceptors (Lipinski definition) is 5. The Morgan fingerprint density at radius 2 is 1.86 bits per heavy atom. The highest BCUT2D eigenvalue weighted by atomic mass is 16.4. The fourth-order valence-corrected chi connectivity index (χ4v) is 2.98. The summed E-state index contributed by atoms with van der Waals surface area (Å²) in [4.78, 5) is 8.51. The highest BCUT2D eigenvalue weighted by Crippen LogP contribution is 2.33. The van der Waals surface area contributed by atoms with Gasteiger partial charge in [0.1, 0.15) is 0 Å². The molecule has 5 nitrogen and oxygen atoms in total. The number of oxime groups is 1. The molecule has 1 aromatic carbocycles. The number of hydrogen-bond donors (Lipinski definition) is 2. The van der Waals surface area contributed by atoms with Gasteiger partial charge in [-0.15, -0.1) is 0 Å². The van der Waals surface area contributed by atoms with E-state index in [0.29, 0.717) is 12.1 Å². The summed E-state index contributed by atoms with van der Waals surface area (Å²) in [5.74, 6) is 0.519. The fourth-order valence-electron chi connectivity index (χ4n) is 2.98. The van der Waals surface area contributed by atoms with Gasteiger partial charge >= 0.3 is 0 Å². The predicted octanol–water partition coefficient (Wildman–Crippen LogP) is 2.58. The second kappa shape index (κ2) is 5.16. The Morgan fingerprint density at radius 1 is 1.14 bits per heavy atom. The lowest BCUT2D eigenvalue weighted by Gasteiger charge is -2.26. The van der Waals surface area contributed by atoms with Crippen LogP contribution in [-0.2, 0) is 6.42 Å². The summed E-state index contributed by atoms with van der Waals surface area (Å²) in [6.45, 7) is 3.94. The third-order valence-corrected chi connectivity index (χ3v) is 4.02. The number of fused-ring (bicyclic) bond motifs is 1. The van der Waals surface area contributed by atoms with Gasteiger partial charge in [0.05, 0.1) is 17.1 Å². The molecule has 1 aliphatic rings. The van der Waals surface area contributed by atoms with Gasteiger partial charge in [0, 0.05) is 12.0 Å². The van der Waals surface area contributed by atoms with E-state index in [2.05, 4.69) is 46.3 Å². The summed E-state index contributed by atoms with van der Waals surface area (Å²) in [6, 6.07) is 8.44. The van der Waals surface area contributed by atoms with Crippen LogP contribution in [0.2, 0.25) is 0 Å². The Hall–Kier alpha value is -2.43. The molecular formula is C16H18N4O. The number of nitrogens with zero attached hydrogens (tertiary/aromatic N) is 3. The zero-order valence-corrected chi connectivity index (χ0v) is 12.2. The van der Waals surface area contributed by atoms with E-state index in [1.165, 1.54) is 11.1 Å². The quantitative estimate of drug-likeness (QED) is 0.622. The minimum Gasteiger partial charge on any atom is -0.411 e. The zero-order chi connectivity index (χ0) is 15.0. The lowest BCUT2D eigenvalue weighted by Crippen LogP contribution is -2.23. The van der Waals surface area contributed by atoms with Crippen molar-refractivity contribution in [3.8, 4) is 0 Å². The maximum Gasteiger partial charge on any atom is 0.220 e. The van der Waals surface area contributed by atoms with Gasteiger partial charge in [-0.2, -0.15) is 0 Å². The molecule has 0 spiro atoms. The first-order valence-electron chi connectivity index (χ1n) is 6.99. The molecule has 0 saturated carbocycles. The third-order valence-electron chi connectivity index (χ3n) is 4.02. The highest BCUT2D eigenvalue weighted by Gasteiger charge is 2.28. The Bertz CT molecular complexity index is 707. The maximum absolute atomic E-state index is 9.34. The topological polar surface area (TPSA) is 84.4 Å². The van der Waals surface area contributed by atoms with Crippen LogP contribution in [0.15, 0.2) is 29.4 Å². The molecule has 1 unspecified atom stereocenters. The van der Waals surface area contributed by atoms with E-state index in [-0.39, 0.29) is 11.9 Å². The summed E-state index contributed by atoms with van der Waals surface area (Å²) in [5.41, 5.74) is 11.3. The smallest absolute Gasteiger partial charge is 0.220 e. The van der Waals surface area contributed by atoms with Crippen LogP contribution in [0.1, 0.15) is 40.4 Å². The van der Waals surface area contributed by atoms with Crippen molar-refractivity contribution in [2.45, 2.75) is 32.6 Å². The molecule has 1 aliphatic carbocycles. The van der Waals surface area contributed by atoms with Crippen molar-refractivity contribution < 1.29 is 5.21 Å². The number of aryl methyl sites for hydroxylation is 2. The van der Waals surface area contributed by atoms with Crippen molar-refractivity contribution in [3.63, 3.8) is 0 Å². The van der Waals surface area contributed by atoms with Gasteiger partial charge in [-0.3, -0.25) is 0 Å². The lowest BCUT2D eigenvalue weighted by atomic mass is 9.80. The van der Waals surface area contributed by atoms with E-state index in [1.807, 2.05) is 6.92 Å². The number of aromatic nitrogens is 2. The molecule has 3 N–H and O–H groups in total. The molecule has 1 aromatic heterocycles. The molecule has 0 bridgehead atoms. The van der Waals surface area contributed by atoms with Gasteiger partial charge in [0.2, 0.25) is 5.95 Å². The molecular weight excluding hydrogens is 264 g/mol. The van der Waals surface area contributed by atoms with E-state index in [9.17, 15) is 5.21 Å². The van der Waals surface area contributed by atoms with E-state index < -0.39 is 0 Å². The largest absolute Gasteiger partial charge is 0.411 e. The first-order chi connectivity index (χ1) is 10.1. The van der Waals surface area contributed by atoms with Gasteiger partial charge in [-0.1, -0.05) is 35.0 Å². The monoisotopic (exact) mass is 282 g/mol. The molecule has 0 radical (unpaired) electrons. The summed E-state index contributed by atoms with van der Waals surface area (Å²) < 4.78 is 0. The average molecular weight is 282 g/mol. The summed E-state index contributed by atoms with van der Waals surface area (Å²) in [6.07, 6.45) is 1.46. The van der Waals surface area contributed by atoms with E-state index >= 15 is 0 Å². The Labute approximate surface area is 123 Å². The van der Waals surface area contributed by atoms with Crippen molar-refractivity contribution in [2.24, 2.45) is 5.16 Å². The molecule has 0 fully saturated rings. The second-order valence-corrected chi connectivity index (χ2v) is 5.55. The normalized spacial score (nSPS) is 19.5. The third kappa shape index (κ3) is 2.46. The lowest BCUT2D eigenvalue weighted by molar-refractivity contribution is 0.316. The van der Waals surface area contributed by atoms with E-state index in [4.69, 9.17) is 5.73 Å². The van der Waals surface area contributed by atoms with Crippen LogP contribution < -0.4 is 5.73 Å². The van der Waals surface area contributed by atoms with Crippen LogP contribution in [0, 0.1) is 13.8 Å². The molecule has 0 amide bonds. The summed E-state index contributed by atoms with van der Waals surface area (Å²) in [7, 11) is 0. The molecule has 1 atom stereocenters. The first kappa shape index (κ1) is 13.5. The van der Waals surface area contributed by atoms with Crippen molar-refractivity contribution in [1.82, 2.24) is 9.97 Å². The fraction of sp³-hybridized carbons (Fsp3) is 0.312. The Balaban J connectivity index is 2.04. The second-order valence-electron chi connectivity index (χ2n) is 5.55. The molecule has 3 rings (SSSR count). The molecule has 1 heterocycles. The van der Waals surface area contributed by atoms with Gasteiger partial charge in [0.25, 0.3) is 0 Å². The van der Waals surface area contributed by atoms with Crippen molar-refractivity contribution in [1.29, 1.82) is 0 Å². The summed E-state index contributed by atoms with van der Waals surface area (Å²) in [5, 5.41) is 12.8. The molecule has 2 aromatic rings. The number of benzene rings is 1. The molecule has 0 saturated heterocycles. The highest BCUT2D eigenvalue weighted by molar-refractivity contribution is 6.03. The maximum atomic E-state index is 9.34. The van der Waals surface area contributed by atoms with Crippen molar-refractivity contribution >= 4 is 11.7 Å². The van der Waals surface area contributed by atoms with Gasteiger partial charge in [0.15, 0.2) is 0 Å². The van der Waals surface area contributed by atoms with Crippen molar-refractivity contribution in [3.05, 3.63) is 52.3 Å². The minimum absolute atomic E-state index is 0.248. The summed E-state index contributed by atoms with van der Waals surface area (Å²) >= 11 is 0. The SMILES string of the molecule is Cc1ccc(C2C/C(=N/O)c3c(C)nc(N)nc3C2)cc1. The number of anilines is 1. The standard InChI is InChI=1S/C16H18N4O/c1-9-3-5-11(6-4-9)12-7-13-15(14(8-12)20-21)10(2)18-16(17)19-13/h3-6,12,21H,7-8H2,1-2H3,(H2,17,18,19)/b20-14-. The van der Waals surface area contributed by atoms with Crippen LogP contribution in [-0.4, -0.2) is 20.9 Å². The van der Waals surface area contributed by atoms with Crippen LogP contribution in [0.3, 0.4) is 0 Å². The van der Waals surface area contributed by atoms with Crippen molar-refractivity contribution in [2.75, 3.05) is 5.73 Å². The van der Waals surface area contributed by atoms with Gasteiger partial charge in [-0.05, 0) is 31.7 Å². The number of rotatable bonds is 1. The average Bonchev–Trinajstić information content (AvgIpc) is 2.46. The minimum atomic E-state index is 0.248. The Morgan fingerprint density at radius 3 is 2.52 bits per heavy atom. The number of nitrogens with two attached hydrogens (primary N) is 1. The molecule has 21 heavy (non-hydrogen) atoms. The van der Waals surface area contributed by atoms with E-state index in [0.717, 1.165) is 23.4 Å². The zero-order valence-electron chi connectivity index (χ0n) is 12.2. The number of nitrogen functional groups attached to an aromatic ring is 1. The van der Waals surface area contributed by atoms with Crippen LogP contribution in [0.25, 0.3) is 0 Å². The van der Waals surface area contributed by atoms with E-state index in [1.54, 1.807) is 0 Å². The molecule has 0 aliphatic heterocycles. The Kier molecular flexibility index (Phi) is 3.33. The molecule has 5 heteroatoms. The van der Waals surface area contributed by atoms with Gasteiger partial charge in [-0.25, -0.2) is 9.97 Å². The molecule has 108 valence electrons. The van der Waals surface area contributed by atoms with Crippen LogP contribution >= 0.6 is 0 Å². The van der Waals surface area contributed by atoms with Crippen LogP contribution in [0.4, 0.5) is 5.95 Å². The van der Waals surface area contributed by atoms with Gasteiger partial charge < -0.3 is 10.9 Å². The predicted molar refractivity (Wildman–Crippen MR) is 81.7 cm³/mol. The van der Waals surface area contributed by atoms with Crippen LogP contribution in [0.5, 0.6) is 0 Å². The first-order valence-corrected chi connectivity index (χ1v) is 6.99.